The molecule has 3 rings (SSSR count). The molecule has 0 saturated carbocycles. The van der Waals surface area contributed by atoms with E-state index in [1.54, 1.807) is 23.1 Å². The van der Waals surface area contributed by atoms with Crippen molar-refractivity contribution in [2.45, 2.75) is 32.2 Å². The number of pyridine rings is 1. The number of aryl methyl sites for hydroxylation is 1. The number of rotatable bonds is 9. The van der Waals surface area contributed by atoms with Crippen molar-refractivity contribution in [3.05, 3.63) is 54.7 Å². The summed E-state index contributed by atoms with van der Waals surface area (Å²) in [6.07, 6.45) is 5.17. The number of aromatic nitrogens is 5. The third kappa shape index (κ3) is 6.18. The number of hydrogen-bond acceptors (Lipinski definition) is 6. The van der Waals surface area contributed by atoms with Crippen molar-refractivity contribution in [1.82, 2.24) is 30.5 Å². The lowest BCUT2D eigenvalue weighted by Gasteiger charge is -2.06. The van der Waals surface area contributed by atoms with E-state index < -0.39 is 6.09 Å². The van der Waals surface area contributed by atoms with Gasteiger partial charge in [-0.2, -0.15) is 4.80 Å². The van der Waals surface area contributed by atoms with E-state index in [-0.39, 0.29) is 0 Å². The number of unbranched alkanes of at least 4 members (excludes halogenated alkanes) is 3. The van der Waals surface area contributed by atoms with E-state index in [0.717, 1.165) is 31.4 Å². The van der Waals surface area contributed by atoms with Crippen LogP contribution >= 0.6 is 0 Å². The molecule has 1 aromatic carbocycles. The van der Waals surface area contributed by atoms with E-state index in [0.29, 0.717) is 24.7 Å². The van der Waals surface area contributed by atoms with Gasteiger partial charge in [0.25, 0.3) is 0 Å². The first-order valence-electron chi connectivity index (χ1n) is 9.01. The SMILES string of the molecule is O=C(NCCCCCCn1nnc(-c2ccccn2)n1)Oc1ccccc1. The lowest BCUT2D eigenvalue weighted by atomic mass is 10.2. The second kappa shape index (κ2) is 10.0. The number of para-hydroxylation sites is 1. The number of amides is 1. The first-order valence-corrected chi connectivity index (χ1v) is 9.01. The Labute approximate surface area is 157 Å². The molecular formula is C19H22N6O2. The predicted octanol–water partition coefficient (Wildman–Crippen LogP) is 3.08. The Bertz CT molecular complexity index is 822. The largest absolute Gasteiger partial charge is 0.412 e. The Morgan fingerprint density at radius 3 is 2.63 bits per heavy atom. The van der Waals surface area contributed by atoms with Crippen LogP contribution in [0, 0.1) is 0 Å². The first-order chi connectivity index (χ1) is 13.3. The van der Waals surface area contributed by atoms with Crippen LogP contribution in [0.25, 0.3) is 11.5 Å². The van der Waals surface area contributed by atoms with Gasteiger partial charge in [0.2, 0.25) is 5.82 Å². The van der Waals surface area contributed by atoms with Crippen molar-refractivity contribution in [2.24, 2.45) is 0 Å². The van der Waals surface area contributed by atoms with Gasteiger partial charge < -0.3 is 10.1 Å². The second-order valence-electron chi connectivity index (χ2n) is 5.97. The highest BCUT2D eigenvalue weighted by Crippen LogP contribution is 2.09. The van der Waals surface area contributed by atoms with Crippen molar-refractivity contribution < 1.29 is 9.53 Å². The summed E-state index contributed by atoms with van der Waals surface area (Å²) < 4.78 is 5.16. The molecule has 2 aromatic heterocycles. The fourth-order valence-electron chi connectivity index (χ4n) is 2.49. The third-order valence-corrected chi connectivity index (χ3v) is 3.85. The molecule has 0 radical (unpaired) electrons. The second-order valence-corrected chi connectivity index (χ2v) is 5.97. The van der Waals surface area contributed by atoms with Crippen molar-refractivity contribution in [1.29, 1.82) is 0 Å². The van der Waals surface area contributed by atoms with E-state index in [4.69, 9.17) is 4.74 Å². The molecule has 1 amide bonds. The maximum atomic E-state index is 11.6. The molecule has 0 aliphatic rings. The molecule has 0 bridgehead atoms. The summed E-state index contributed by atoms with van der Waals surface area (Å²) >= 11 is 0. The van der Waals surface area contributed by atoms with Crippen molar-refractivity contribution in [3.63, 3.8) is 0 Å². The highest BCUT2D eigenvalue weighted by molar-refractivity contribution is 5.70. The zero-order valence-corrected chi connectivity index (χ0v) is 15.0. The minimum atomic E-state index is -0.421. The van der Waals surface area contributed by atoms with E-state index >= 15 is 0 Å². The van der Waals surface area contributed by atoms with Gasteiger partial charge in [0.1, 0.15) is 11.4 Å². The minimum absolute atomic E-state index is 0.421. The van der Waals surface area contributed by atoms with E-state index in [9.17, 15) is 4.79 Å². The number of ether oxygens (including phenoxy) is 1. The molecule has 0 aliphatic heterocycles. The van der Waals surface area contributed by atoms with Crippen molar-refractivity contribution >= 4 is 6.09 Å². The van der Waals surface area contributed by atoms with Crippen LogP contribution in [0.4, 0.5) is 4.79 Å². The number of benzene rings is 1. The van der Waals surface area contributed by atoms with Crippen LogP contribution < -0.4 is 10.1 Å². The Kier molecular flexibility index (Phi) is 6.85. The molecule has 0 aliphatic carbocycles. The van der Waals surface area contributed by atoms with Crippen LogP contribution in [-0.2, 0) is 6.54 Å². The predicted molar refractivity (Wildman–Crippen MR) is 100.0 cm³/mol. The molecule has 2 heterocycles. The molecular weight excluding hydrogens is 344 g/mol. The fourth-order valence-corrected chi connectivity index (χ4v) is 2.49. The number of carbonyl (C=O) groups excluding carboxylic acids is 1. The summed E-state index contributed by atoms with van der Waals surface area (Å²) in [5.74, 6) is 1.08. The highest BCUT2D eigenvalue weighted by atomic mass is 16.5. The number of nitrogens with one attached hydrogen (secondary N) is 1. The summed E-state index contributed by atoms with van der Waals surface area (Å²) in [5, 5.41) is 15.2. The highest BCUT2D eigenvalue weighted by Gasteiger charge is 2.06. The zero-order valence-electron chi connectivity index (χ0n) is 15.0. The van der Waals surface area contributed by atoms with Gasteiger partial charge in [0.15, 0.2) is 0 Å². The molecule has 0 spiro atoms. The maximum absolute atomic E-state index is 11.6. The molecule has 0 unspecified atom stereocenters. The average molecular weight is 366 g/mol. The van der Waals surface area contributed by atoms with Gasteiger partial charge >= 0.3 is 6.09 Å². The van der Waals surface area contributed by atoms with Gasteiger partial charge in [-0.3, -0.25) is 4.98 Å². The lowest BCUT2D eigenvalue weighted by molar-refractivity contribution is 0.200. The Balaban J connectivity index is 1.26. The maximum Gasteiger partial charge on any atom is 0.412 e. The lowest BCUT2D eigenvalue weighted by Crippen LogP contribution is -2.27. The van der Waals surface area contributed by atoms with E-state index in [2.05, 4.69) is 25.7 Å². The summed E-state index contributed by atoms with van der Waals surface area (Å²) in [5.41, 5.74) is 0.720. The summed E-state index contributed by atoms with van der Waals surface area (Å²) in [7, 11) is 0. The van der Waals surface area contributed by atoms with Gasteiger partial charge in [-0.1, -0.05) is 37.1 Å². The normalized spacial score (nSPS) is 10.5. The van der Waals surface area contributed by atoms with E-state index in [1.807, 2.05) is 36.4 Å². The number of hydrogen-bond donors (Lipinski definition) is 1. The standard InChI is InChI=1S/C19H22N6O2/c26-19(27-16-10-4-3-5-11-16)21-14-7-1-2-9-15-25-23-18(22-24-25)17-12-6-8-13-20-17/h3-6,8,10-13H,1-2,7,9,14-15H2,(H,21,26). The Hall–Kier alpha value is -3.29. The molecule has 8 nitrogen and oxygen atoms in total. The smallest absolute Gasteiger partial charge is 0.410 e. The topological polar surface area (TPSA) is 94.8 Å². The molecule has 3 aromatic rings. The van der Waals surface area contributed by atoms with E-state index in [1.165, 1.54) is 0 Å². The number of nitrogens with zero attached hydrogens (tertiary/aromatic N) is 5. The molecule has 8 heteroatoms. The van der Waals surface area contributed by atoms with Crippen LogP contribution in [-0.4, -0.2) is 37.8 Å². The Morgan fingerprint density at radius 2 is 1.81 bits per heavy atom. The Morgan fingerprint density at radius 1 is 1.00 bits per heavy atom. The molecule has 140 valence electrons. The van der Waals surface area contributed by atoms with Crippen LogP contribution in [0.2, 0.25) is 0 Å². The number of tetrazole rings is 1. The zero-order chi connectivity index (χ0) is 18.7. The van der Waals surface area contributed by atoms with Crippen LogP contribution in [0.3, 0.4) is 0 Å². The van der Waals surface area contributed by atoms with Crippen LogP contribution in [0.15, 0.2) is 54.7 Å². The molecule has 0 fully saturated rings. The number of carbonyl (C=O) groups is 1. The van der Waals surface area contributed by atoms with Gasteiger partial charge in [-0.25, -0.2) is 4.79 Å². The molecule has 0 atom stereocenters. The molecule has 27 heavy (non-hydrogen) atoms. The fraction of sp³-hybridized carbons (Fsp3) is 0.316. The first kappa shape index (κ1) is 18.5. The quantitative estimate of drug-likeness (QED) is 0.585. The van der Waals surface area contributed by atoms with Gasteiger partial charge in [0.05, 0.1) is 6.54 Å². The summed E-state index contributed by atoms with van der Waals surface area (Å²) in [6.45, 7) is 1.31. The van der Waals surface area contributed by atoms with Crippen LogP contribution in [0.1, 0.15) is 25.7 Å². The third-order valence-electron chi connectivity index (χ3n) is 3.85. The van der Waals surface area contributed by atoms with Gasteiger partial charge in [-0.15, -0.1) is 10.2 Å². The minimum Gasteiger partial charge on any atom is -0.410 e. The average Bonchev–Trinajstić information content (AvgIpc) is 3.18. The van der Waals surface area contributed by atoms with Crippen LogP contribution in [0.5, 0.6) is 5.75 Å². The van der Waals surface area contributed by atoms with Gasteiger partial charge in [0, 0.05) is 12.7 Å². The summed E-state index contributed by atoms with van der Waals surface area (Å²) in [6, 6.07) is 14.6. The molecule has 1 N–H and O–H groups in total. The van der Waals surface area contributed by atoms with Gasteiger partial charge in [-0.05, 0) is 42.3 Å². The summed E-state index contributed by atoms with van der Waals surface area (Å²) in [4.78, 5) is 17.4. The monoisotopic (exact) mass is 366 g/mol. The molecule has 0 saturated heterocycles. The van der Waals surface area contributed by atoms with Crippen molar-refractivity contribution in [3.8, 4) is 17.3 Å². The van der Waals surface area contributed by atoms with Crippen molar-refractivity contribution in [2.75, 3.05) is 6.54 Å².